The summed E-state index contributed by atoms with van der Waals surface area (Å²) >= 11 is 0. The van der Waals surface area contributed by atoms with Crippen LogP contribution in [-0.2, 0) is 34.1 Å². The maximum absolute atomic E-state index is 0. The van der Waals surface area contributed by atoms with E-state index in [0.717, 1.165) is 0 Å². The average Bonchev–Trinajstić information content (AvgIpc) is 0. The van der Waals surface area contributed by atoms with Crippen LogP contribution >= 0.6 is 0 Å². The zero-order valence-electron chi connectivity index (χ0n) is 6.43. The van der Waals surface area contributed by atoms with Gasteiger partial charge < -0.3 is 154 Å². The normalized spacial score (nSPS) is 0. The van der Waals surface area contributed by atoms with Crippen LogP contribution in [0.3, 0.4) is 0 Å². The van der Waals surface area contributed by atoms with Gasteiger partial charge in [0.1, 0.15) is 0 Å². The summed E-state index contributed by atoms with van der Waals surface area (Å²) in [6, 6.07) is 0. The van der Waals surface area contributed by atoms with Gasteiger partial charge in [-0.1, -0.05) is 0 Å². The second-order valence-corrected chi connectivity index (χ2v) is 0. The van der Waals surface area contributed by atoms with Crippen molar-refractivity contribution in [3.8, 4) is 0 Å². The van der Waals surface area contributed by atoms with Crippen LogP contribution < -0.4 is 0 Å². The van der Waals surface area contributed by atoms with Crippen molar-refractivity contribution in [3.63, 3.8) is 0 Å². The molecule has 0 aliphatic heterocycles. The van der Waals surface area contributed by atoms with Gasteiger partial charge in [-0.3, -0.25) is 0 Å². The Labute approximate surface area is 264 Å². The number of rotatable bonds is 0. The zero-order chi connectivity index (χ0) is 0. The Hall–Kier alpha value is 8.38. The van der Waals surface area contributed by atoms with Gasteiger partial charge in [0.25, 0.3) is 0 Å². The van der Waals surface area contributed by atoms with Gasteiger partial charge in [-0.05, 0) is 0 Å². The molecule has 0 unspecified atom stereocenters. The molecule has 0 saturated heterocycles. The summed E-state index contributed by atoms with van der Waals surface area (Å²) in [5, 5.41) is 0. The summed E-state index contributed by atoms with van der Waals surface area (Å²) in [5.41, 5.74) is 0. The van der Waals surface area contributed by atoms with Crippen LogP contribution in [0.2, 0.25) is 0 Å². The zero-order valence-corrected chi connectivity index (χ0v) is 31.8. The van der Waals surface area contributed by atoms with Crippen molar-refractivity contribution in [2.24, 2.45) is 0 Å². The quantitative estimate of drug-likeness (QED) is 0.214. The molecule has 0 aromatic carbocycles. The topological polar surface area (TPSA) is 0 Å². The van der Waals surface area contributed by atoms with Crippen LogP contribution in [0.4, 0.5) is 0 Å². The second kappa shape index (κ2) is 146. The van der Waals surface area contributed by atoms with Gasteiger partial charge in [0, 0.05) is 0 Å². The Morgan fingerprint density at radius 1 is 0.267 bits per heavy atom. The summed E-state index contributed by atoms with van der Waals surface area (Å²) in [7, 11) is 0. The standard InChI is InChI=1S/2Al.2Cu.9Se.2Sn/q2*+3;2*+2;9*-2;2*+4. The van der Waals surface area contributed by atoms with Crippen LogP contribution in [0, 0.1) is 0 Å². The fourth-order valence-electron chi connectivity index (χ4n) is 0. The molecule has 2 radical (unpaired) electrons. The minimum Gasteiger partial charge on any atom is -2.00 e. The van der Waals surface area contributed by atoms with Crippen molar-refractivity contribution in [2.75, 3.05) is 0 Å². The third kappa shape index (κ3) is 132. The van der Waals surface area contributed by atoms with Crippen LogP contribution in [0.25, 0.3) is 0 Å². The molecule has 0 atom stereocenters. The minimum atomic E-state index is 0. The van der Waals surface area contributed by atoms with Crippen molar-refractivity contribution in [1.29, 1.82) is 0 Å². The summed E-state index contributed by atoms with van der Waals surface area (Å²) in [6.07, 6.45) is 0. The van der Waals surface area contributed by atoms with Crippen LogP contribution in [-0.4, -0.2) is 236 Å². The predicted octanol–water partition coefficient (Wildman–Crippen LogP) is -4.96. The molecule has 15 heteroatoms. The molecule has 0 aliphatic rings. The van der Waals surface area contributed by atoms with E-state index in [0.29, 0.717) is 0 Å². The molecule has 0 aromatic heterocycles. The van der Waals surface area contributed by atoms with E-state index in [1.807, 2.05) is 0 Å². The maximum Gasteiger partial charge on any atom is 4.00 e. The summed E-state index contributed by atoms with van der Waals surface area (Å²) < 4.78 is 0. The van der Waals surface area contributed by atoms with E-state index in [2.05, 4.69) is 0 Å². The fraction of sp³-hybridized carbons (Fsp3) is 0. The molecule has 0 rings (SSSR count). The Bertz CT molecular complexity index is 24.1. The monoisotopic (exact) mass is 1140 g/mol. The summed E-state index contributed by atoms with van der Waals surface area (Å²) in [6.45, 7) is 0. The Balaban J connectivity index is 0. The first kappa shape index (κ1) is 167. The van der Waals surface area contributed by atoms with Crippen molar-refractivity contribution in [1.82, 2.24) is 0 Å². The van der Waals surface area contributed by atoms with E-state index in [1.54, 1.807) is 0 Å². The maximum atomic E-state index is 0. The Morgan fingerprint density at radius 3 is 0.267 bits per heavy atom. The molecule has 0 nitrogen and oxygen atoms in total. The van der Waals surface area contributed by atoms with E-state index < -0.39 is 0 Å². The van der Waals surface area contributed by atoms with E-state index in [4.69, 9.17) is 0 Å². The van der Waals surface area contributed by atoms with E-state index in [-0.39, 0.29) is 270 Å². The minimum absolute atomic E-state index is 0. The smallest absolute Gasteiger partial charge is 2.00 e. The van der Waals surface area contributed by atoms with Gasteiger partial charge in [-0.2, -0.15) is 0 Å². The van der Waals surface area contributed by atoms with Gasteiger partial charge in [-0.15, -0.1) is 0 Å². The largest absolute Gasteiger partial charge is 4.00 e. The average molecular weight is 1130 g/mol. The molecule has 0 bridgehead atoms. The van der Waals surface area contributed by atoms with Gasteiger partial charge in [0.2, 0.25) is 0 Å². The summed E-state index contributed by atoms with van der Waals surface area (Å²) in [4.78, 5) is 0. The van der Waals surface area contributed by atoms with Crippen molar-refractivity contribution in [2.45, 2.75) is 0 Å². The molecule has 0 spiro atoms. The Morgan fingerprint density at radius 2 is 0.267 bits per heavy atom. The molecule has 0 aliphatic carbocycles. The Kier molecular flexibility index (Phi) is 1620. The van der Waals surface area contributed by atoms with Crippen molar-refractivity contribution >= 4 is 236 Å². The molecule has 90 valence electrons. The molecule has 0 aromatic rings. The van der Waals surface area contributed by atoms with E-state index in [1.165, 1.54) is 0 Å². The van der Waals surface area contributed by atoms with Crippen LogP contribution in [0.5, 0.6) is 0 Å². The molecule has 0 fully saturated rings. The number of hydrogen-bond donors (Lipinski definition) is 0. The molecule has 15 heavy (non-hydrogen) atoms. The first-order valence-electron chi connectivity index (χ1n) is 0. The molecular formula is Al2Cu2Se9Sn2. The molecule has 0 heterocycles. The third-order valence-electron chi connectivity index (χ3n) is 0. The second-order valence-electron chi connectivity index (χ2n) is 0. The van der Waals surface area contributed by atoms with Gasteiger partial charge in [0.05, 0.1) is 0 Å². The van der Waals surface area contributed by atoms with Crippen LogP contribution in [0.15, 0.2) is 0 Å². The molecular weight excluding hydrogens is 1130 g/mol. The van der Waals surface area contributed by atoms with Crippen molar-refractivity contribution in [3.05, 3.63) is 0 Å². The first-order valence-corrected chi connectivity index (χ1v) is 0. The van der Waals surface area contributed by atoms with Gasteiger partial charge in [0.15, 0.2) is 0 Å². The molecule has 0 N–H and O–H groups in total. The van der Waals surface area contributed by atoms with Crippen LogP contribution in [0.1, 0.15) is 0 Å². The predicted molar refractivity (Wildman–Crippen MR) is 74.8 cm³/mol. The first-order chi connectivity index (χ1) is 0. The van der Waals surface area contributed by atoms with E-state index in [9.17, 15) is 0 Å². The van der Waals surface area contributed by atoms with Gasteiger partial charge in [-0.25, -0.2) is 0 Å². The van der Waals surface area contributed by atoms with Crippen molar-refractivity contribution < 1.29 is 34.1 Å². The third-order valence-corrected chi connectivity index (χ3v) is 0. The SMILES string of the molecule is [Al+3].[Al+3].[Cu+2].[Cu+2].[Se-2].[Se-2].[Se-2].[Se-2].[Se-2].[Se-2].[Se-2].[Se-2].[Se-2].[Sn+4].[Sn+4]. The fourth-order valence-corrected chi connectivity index (χ4v) is 0. The summed E-state index contributed by atoms with van der Waals surface area (Å²) in [5.74, 6) is 0. The molecule has 0 saturated carbocycles. The molecule has 0 amide bonds. The van der Waals surface area contributed by atoms with E-state index >= 15 is 0 Å². The number of hydrogen-bond acceptors (Lipinski definition) is 0. The van der Waals surface area contributed by atoms with Gasteiger partial charge >= 0.3 is 117 Å².